The Morgan fingerprint density at radius 2 is 1.80 bits per heavy atom. The molecule has 0 aliphatic carbocycles. The highest BCUT2D eigenvalue weighted by Gasteiger charge is 2.37. The number of rotatable bonds is 9. The van der Waals surface area contributed by atoms with Crippen molar-refractivity contribution in [3.63, 3.8) is 0 Å². The Morgan fingerprint density at radius 3 is 2.38 bits per heavy atom. The molecule has 1 aliphatic heterocycles. The maximum absolute atomic E-state index is 13.4. The molecule has 2 aromatic rings. The molecule has 0 spiro atoms. The molecule has 0 radical (unpaired) electrons. The van der Waals surface area contributed by atoms with Crippen molar-refractivity contribution in [1.82, 2.24) is 20.9 Å². The van der Waals surface area contributed by atoms with Crippen LogP contribution < -0.4 is 21.3 Å². The monoisotopic (exact) mass is 569 g/mol. The molecule has 40 heavy (non-hydrogen) atoms. The summed E-state index contributed by atoms with van der Waals surface area (Å²) in [4.78, 5) is 66.1. The number of halogens is 5. The molecule has 0 saturated carbocycles. The van der Waals surface area contributed by atoms with E-state index in [9.17, 15) is 45.9 Å². The highest BCUT2D eigenvalue weighted by atomic mass is 19.4. The number of nitrogens with zero attached hydrogens (tertiary/aromatic N) is 1. The third kappa shape index (κ3) is 7.15. The minimum atomic E-state index is -4.85. The lowest BCUT2D eigenvalue weighted by atomic mass is 9.93. The van der Waals surface area contributed by atoms with E-state index in [1.165, 1.54) is 7.05 Å². The van der Waals surface area contributed by atoms with Crippen molar-refractivity contribution in [3.8, 4) is 0 Å². The average molecular weight is 569 g/mol. The number of carbonyl (C=O) groups excluding carboxylic acids is 5. The average Bonchev–Trinajstić information content (AvgIpc) is 3.22. The summed E-state index contributed by atoms with van der Waals surface area (Å²) in [6, 6.07) is 2.25. The van der Waals surface area contributed by atoms with Crippen LogP contribution in [0, 0.1) is 5.92 Å². The number of pyridine rings is 1. The zero-order valence-corrected chi connectivity index (χ0v) is 21.1. The lowest BCUT2D eigenvalue weighted by molar-refractivity contribution is -0.141. The highest BCUT2D eigenvalue weighted by molar-refractivity contribution is 6.38. The summed E-state index contributed by atoms with van der Waals surface area (Å²) in [6.45, 7) is 1.72. The van der Waals surface area contributed by atoms with Crippen LogP contribution in [0.15, 0.2) is 36.5 Å². The minimum Gasteiger partial charge on any atom is -0.353 e. The smallest absolute Gasteiger partial charge is 0.353 e. The number of Topliss-reactive ketones (excluding diaryl/α,β-unsaturated/α-hetero) is 1. The lowest BCUT2D eigenvalue weighted by Crippen LogP contribution is -2.48. The number of carbonyl (C=O) groups is 5. The van der Waals surface area contributed by atoms with Crippen LogP contribution >= 0.6 is 0 Å². The first-order valence-corrected chi connectivity index (χ1v) is 11.8. The van der Waals surface area contributed by atoms with Gasteiger partial charge in [0.25, 0.3) is 24.1 Å². The van der Waals surface area contributed by atoms with E-state index < -0.39 is 76.4 Å². The van der Waals surface area contributed by atoms with Gasteiger partial charge in [-0.2, -0.15) is 13.2 Å². The first-order chi connectivity index (χ1) is 18.7. The van der Waals surface area contributed by atoms with Gasteiger partial charge in [0, 0.05) is 36.3 Å². The summed E-state index contributed by atoms with van der Waals surface area (Å²) in [6.07, 6.45) is -7.11. The number of benzene rings is 1. The zero-order valence-electron chi connectivity index (χ0n) is 21.1. The number of hydrogen-bond acceptors (Lipinski definition) is 6. The van der Waals surface area contributed by atoms with Crippen LogP contribution in [0.1, 0.15) is 58.2 Å². The molecule has 10 nitrogen and oxygen atoms in total. The summed E-state index contributed by atoms with van der Waals surface area (Å²) in [5.41, 5.74) is -3.40. The Balaban J connectivity index is 1.93. The highest BCUT2D eigenvalue weighted by Crippen LogP contribution is 2.29. The van der Waals surface area contributed by atoms with Gasteiger partial charge in [-0.1, -0.05) is 6.07 Å². The van der Waals surface area contributed by atoms with Crippen molar-refractivity contribution in [2.45, 2.75) is 44.5 Å². The molecule has 4 N–H and O–H groups in total. The van der Waals surface area contributed by atoms with Gasteiger partial charge in [0.15, 0.2) is 0 Å². The summed E-state index contributed by atoms with van der Waals surface area (Å²) in [5, 5.41) is 9.25. The third-order valence-corrected chi connectivity index (χ3v) is 6.09. The second-order valence-corrected chi connectivity index (χ2v) is 9.03. The summed E-state index contributed by atoms with van der Waals surface area (Å²) >= 11 is 0. The lowest BCUT2D eigenvalue weighted by Gasteiger charge is -2.21. The Hall–Kier alpha value is -4.43. The van der Waals surface area contributed by atoms with Crippen molar-refractivity contribution in [2.75, 3.05) is 12.4 Å². The van der Waals surface area contributed by atoms with E-state index in [0.29, 0.717) is 12.5 Å². The first-order valence-electron chi connectivity index (χ1n) is 11.8. The Bertz CT molecular complexity index is 1330. The van der Waals surface area contributed by atoms with Gasteiger partial charge in [-0.25, -0.2) is 8.78 Å². The maximum atomic E-state index is 13.4. The largest absolute Gasteiger partial charge is 0.433 e. The van der Waals surface area contributed by atoms with Gasteiger partial charge in [0.05, 0.1) is 17.3 Å². The fraction of sp³-hybridized carbons (Fsp3) is 0.360. The molecule has 15 heteroatoms. The van der Waals surface area contributed by atoms with Crippen molar-refractivity contribution >= 4 is 35.1 Å². The molecule has 2 heterocycles. The molecule has 1 fully saturated rings. The summed E-state index contributed by atoms with van der Waals surface area (Å²) in [7, 11) is 1.17. The Morgan fingerprint density at radius 1 is 1.10 bits per heavy atom. The Labute approximate surface area is 224 Å². The molecule has 0 bridgehead atoms. The zero-order chi connectivity index (χ0) is 29.8. The normalized spacial score (nSPS) is 17.6. The summed E-state index contributed by atoms with van der Waals surface area (Å²) < 4.78 is 65.9. The first kappa shape index (κ1) is 30.1. The van der Waals surface area contributed by atoms with Crippen molar-refractivity contribution < 1.29 is 45.9 Å². The molecule has 4 amide bonds. The number of hydrogen-bond donors (Lipinski definition) is 4. The van der Waals surface area contributed by atoms with E-state index in [4.69, 9.17) is 0 Å². The molecule has 1 saturated heterocycles. The number of nitrogens with one attached hydrogen (secondary N) is 4. The van der Waals surface area contributed by atoms with E-state index in [1.54, 1.807) is 6.92 Å². The molecule has 3 rings (SSSR count). The number of amides is 4. The molecule has 1 unspecified atom stereocenters. The van der Waals surface area contributed by atoms with Crippen molar-refractivity contribution in [1.29, 1.82) is 0 Å². The molecular weight excluding hydrogens is 545 g/mol. The maximum Gasteiger partial charge on any atom is 0.433 e. The number of aromatic nitrogens is 1. The second kappa shape index (κ2) is 12.2. The van der Waals surface area contributed by atoms with Crippen LogP contribution in [-0.2, 0) is 20.6 Å². The van der Waals surface area contributed by atoms with E-state index in [-0.39, 0.29) is 18.2 Å². The number of likely N-dealkylation sites (N-methyl/N-ethyl adjacent to an activating group) is 1. The van der Waals surface area contributed by atoms with Gasteiger partial charge >= 0.3 is 6.18 Å². The van der Waals surface area contributed by atoms with Gasteiger partial charge in [-0.3, -0.25) is 29.0 Å². The van der Waals surface area contributed by atoms with E-state index in [0.717, 1.165) is 30.5 Å². The van der Waals surface area contributed by atoms with Crippen molar-refractivity contribution in [2.24, 2.45) is 5.92 Å². The van der Waals surface area contributed by atoms with Crippen LogP contribution in [0.5, 0.6) is 0 Å². The standard InChI is InChI=1S/C25H24F5N5O5/c1-11-7-14(22(38)33-11)9-17(19(36)24(40)31-2)35-23(39)15-8-12(20(26)27)3-4-16(15)34-21(37)13-5-6-32-18(10-13)25(28,29)30/h3-6,8,10-11,14,17,20H,7,9H2,1-2H3,(H,31,40)(H,33,38)(H,34,37)(H,35,39)/t11-,14+,17?/m1/s1. The van der Waals surface area contributed by atoms with Gasteiger partial charge in [-0.05, 0) is 44.0 Å². The van der Waals surface area contributed by atoms with Gasteiger partial charge in [0.2, 0.25) is 11.7 Å². The van der Waals surface area contributed by atoms with Crippen LogP contribution in [0.3, 0.4) is 0 Å². The number of alkyl halides is 5. The molecule has 1 aromatic carbocycles. The predicted molar refractivity (Wildman–Crippen MR) is 129 cm³/mol. The van der Waals surface area contributed by atoms with Crippen LogP contribution in [-0.4, -0.2) is 53.5 Å². The number of anilines is 1. The second-order valence-electron chi connectivity index (χ2n) is 9.03. The van der Waals surface area contributed by atoms with Gasteiger partial charge in [0.1, 0.15) is 5.69 Å². The van der Waals surface area contributed by atoms with E-state index in [1.807, 2.05) is 0 Å². The van der Waals surface area contributed by atoms with Crippen LogP contribution in [0.25, 0.3) is 0 Å². The molecule has 1 aliphatic rings. The molecule has 214 valence electrons. The fourth-order valence-electron chi connectivity index (χ4n) is 4.11. The topological polar surface area (TPSA) is 146 Å². The SMILES string of the molecule is CNC(=O)C(=O)C(C[C@@H]1C[C@@H](C)NC1=O)NC(=O)c1cc(C(F)F)ccc1NC(=O)c1ccnc(C(F)(F)F)c1. The Kier molecular flexibility index (Phi) is 9.17. The van der Waals surface area contributed by atoms with E-state index in [2.05, 4.69) is 26.3 Å². The predicted octanol–water partition coefficient (Wildman–Crippen LogP) is 2.62. The van der Waals surface area contributed by atoms with Crippen LogP contribution in [0.2, 0.25) is 0 Å². The third-order valence-electron chi connectivity index (χ3n) is 6.09. The fourth-order valence-corrected chi connectivity index (χ4v) is 4.11. The summed E-state index contributed by atoms with van der Waals surface area (Å²) in [5.74, 6) is -5.59. The molecule has 1 aromatic heterocycles. The van der Waals surface area contributed by atoms with Crippen LogP contribution in [0.4, 0.5) is 27.6 Å². The quantitative estimate of drug-likeness (QED) is 0.270. The number of ketones is 1. The minimum absolute atomic E-state index is 0.223. The van der Waals surface area contributed by atoms with Gasteiger partial charge in [-0.15, -0.1) is 0 Å². The molecule has 3 atom stereocenters. The van der Waals surface area contributed by atoms with E-state index >= 15 is 0 Å². The van der Waals surface area contributed by atoms with Crippen molar-refractivity contribution in [3.05, 3.63) is 58.9 Å². The van der Waals surface area contributed by atoms with Gasteiger partial charge < -0.3 is 21.3 Å². The molecular formula is C25H24F5N5O5.